The zero-order valence-electron chi connectivity index (χ0n) is 17.5. The SMILES string of the molecule is CC(C)CC(NC(=O)C(CO)NC(=O)C(CO)NC(=O)C(N)CCCCN)C(=O)O. The molecule has 0 saturated heterocycles. The number of unbranched alkanes of at least 4 members (excludes halogenated alkanes) is 1. The summed E-state index contributed by atoms with van der Waals surface area (Å²) >= 11 is 0. The average molecular weight is 434 g/mol. The van der Waals surface area contributed by atoms with Crippen molar-refractivity contribution in [2.45, 2.75) is 63.7 Å². The number of aliphatic hydroxyl groups excluding tert-OH is 2. The quantitative estimate of drug-likeness (QED) is 0.123. The van der Waals surface area contributed by atoms with E-state index in [9.17, 15) is 34.5 Å². The van der Waals surface area contributed by atoms with Gasteiger partial charge in [-0.05, 0) is 31.7 Å². The molecule has 0 radical (unpaired) electrons. The highest BCUT2D eigenvalue weighted by Gasteiger charge is 2.29. The minimum Gasteiger partial charge on any atom is -0.480 e. The van der Waals surface area contributed by atoms with Crippen LogP contribution in [0.2, 0.25) is 0 Å². The van der Waals surface area contributed by atoms with E-state index in [-0.39, 0.29) is 12.3 Å². The van der Waals surface area contributed by atoms with Gasteiger partial charge in [0.05, 0.1) is 19.3 Å². The van der Waals surface area contributed by atoms with E-state index >= 15 is 0 Å². The van der Waals surface area contributed by atoms with Gasteiger partial charge in [0.2, 0.25) is 17.7 Å². The van der Waals surface area contributed by atoms with Crippen LogP contribution in [-0.4, -0.2) is 82.9 Å². The molecule has 0 heterocycles. The summed E-state index contributed by atoms with van der Waals surface area (Å²) in [7, 11) is 0. The number of hydrogen-bond donors (Lipinski definition) is 8. The normalized spacial score (nSPS) is 15.0. The predicted molar refractivity (Wildman–Crippen MR) is 108 cm³/mol. The van der Waals surface area contributed by atoms with Gasteiger partial charge in [-0.1, -0.05) is 20.3 Å². The van der Waals surface area contributed by atoms with Crippen LogP contribution in [0.15, 0.2) is 0 Å². The van der Waals surface area contributed by atoms with Crippen molar-refractivity contribution >= 4 is 23.7 Å². The van der Waals surface area contributed by atoms with Gasteiger partial charge in [0.1, 0.15) is 18.1 Å². The molecule has 3 amide bonds. The lowest BCUT2D eigenvalue weighted by Gasteiger charge is -2.23. The molecule has 4 atom stereocenters. The third-order valence-electron chi connectivity index (χ3n) is 4.26. The van der Waals surface area contributed by atoms with Gasteiger partial charge in [-0.25, -0.2) is 4.79 Å². The van der Waals surface area contributed by atoms with E-state index in [0.717, 1.165) is 0 Å². The number of carbonyl (C=O) groups is 4. The van der Waals surface area contributed by atoms with Crippen molar-refractivity contribution in [3.63, 3.8) is 0 Å². The van der Waals surface area contributed by atoms with Crippen molar-refractivity contribution < 1.29 is 34.5 Å². The summed E-state index contributed by atoms with van der Waals surface area (Å²) in [6.07, 6.45) is 1.81. The predicted octanol–water partition coefficient (Wildman–Crippen LogP) is -2.99. The summed E-state index contributed by atoms with van der Waals surface area (Å²) in [5, 5.41) is 34.8. The van der Waals surface area contributed by atoms with Gasteiger partial charge in [0.25, 0.3) is 0 Å². The zero-order valence-corrected chi connectivity index (χ0v) is 17.5. The fraction of sp³-hybridized carbons (Fsp3) is 0.778. The molecule has 0 bridgehead atoms. The third-order valence-corrected chi connectivity index (χ3v) is 4.26. The van der Waals surface area contributed by atoms with E-state index in [1.165, 1.54) is 0 Å². The van der Waals surface area contributed by atoms with Crippen LogP contribution in [-0.2, 0) is 19.2 Å². The first-order valence-corrected chi connectivity index (χ1v) is 9.88. The maximum absolute atomic E-state index is 12.3. The first-order chi connectivity index (χ1) is 14.1. The molecule has 0 aromatic carbocycles. The van der Waals surface area contributed by atoms with E-state index in [1.54, 1.807) is 13.8 Å². The molecule has 0 fully saturated rings. The number of aliphatic hydroxyl groups is 2. The van der Waals surface area contributed by atoms with E-state index in [2.05, 4.69) is 16.0 Å². The van der Waals surface area contributed by atoms with Gasteiger partial charge in [-0.15, -0.1) is 0 Å². The molecule has 30 heavy (non-hydrogen) atoms. The van der Waals surface area contributed by atoms with Crippen LogP contribution in [0.3, 0.4) is 0 Å². The number of hydrogen-bond acceptors (Lipinski definition) is 8. The first kappa shape index (κ1) is 27.7. The Hall–Kier alpha value is -2.28. The number of nitrogens with two attached hydrogens (primary N) is 2. The first-order valence-electron chi connectivity index (χ1n) is 9.88. The smallest absolute Gasteiger partial charge is 0.326 e. The summed E-state index contributed by atoms with van der Waals surface area (Å²) in [5.74, 6) is -3.75. The van der Waals surface area contributed by atoms with Crippen molar-refractivity contribution in [3.05, 3.63) is 0 Å². The van der Waals surface area contributed by atoms with Gasteiger partial charge >= 0.3 is 5.97 Å². The van der Waals surface area contributed by atoms with Gasteiger partial charge in [-0.3, -0.25) is 14.4 Å². The molecule has 12 nitrogen and oxygen atoms in total. The Kier molecular flexibility index (Phi) is 13.5. The standard InChI is InChI=1S/C18H35N5O7/c1-10(2)7-12(18(29)30)21-16(27)14(9-25)23-17(28)13(8-24)22-15(26)11(20)5-3-4-6-19/h10-14,24-25H,3-9,19-20H2,1-2H3,(H,21,27)(H,22,26)(H,23,28)(H,29,30). The second-order valence-corrected chi connectivity index (χ2v) is 7.41. The minimum absolute atomic E-state index is 0.0170. The van der Waals surface area contributed by atoms with E-state index in [4.69, 9.17) is 11.5 Å². The lowest BCUT2D eigenvalue weighted by atomic mass is 10.0. The van der Waals surface area contributed by atoms with E-state index in [1.807, 2.05) is 0 Å². The molecule has 0 aliphatic rings. The molecule has 4 unspecified atom stereocenters. The lowest BCUT2D eigenvalue weighted by molar-refractivity contribution is -0.143. The number of carbonyl (C=O) groups excluding carboxylic acids is 3. The molecular formula is C18H35N5O7. The highest BCUT2D eigenvalue weighted by molar-refractivity contribution is 5.94. The minimum atomic E-state index is -1.46. The lowest BCUT2D eigenvalue weighted by Crippen LogP contribution is -2.59. The van der Waals surface area contributed by atoms with Gasteiger partial charge in [0, 0.05) is 0 Å². The van der Waals surface area contributed by atoms with Crippen LogP contribution >= 0.6 is 0 Å². The molecule has 12 heteroatoms. The van der Waals surface area contributed by atoms with Gasteiger partial charge in [0.15, 0.2) is 0 Å². The van der Waals surface area contributed by atoms with E-state index in [0.29, 0.717) is 25.8 Å². The van der Waals surface area contributed by atoms with Crippen LogP contribution in [0.4, 0.5) is 0 Å². The molecule has 10 N–H and O–H groups in total. The van der Waals surface area contributed by atoms with Crippen molar-refractivity contribution in [1.29, 1.82) is 0 Å². The average Bonchev–Trinajstić information content (AvgIpc) is 2.68. The molecule has 0 saturated carbocycles. The number of carboxylic acids is 1. The maximum atomic E-state index is 12.3. The third kappa shape index (κ3) is 10.5. The molecule has 0 aromatic heterocycles. The second kappa shape index (κ2) is 14.7. The molecule has 0 spiro atoms. The van der Waals surface area contributed by atoms with Crippen LogP contribution in [0.25, 0.3) is 0 Å². The summed E-state index contributed by atoms with van der Waals surface area (Å²) < 4.78 is 0. The molecule has 0 rings (SSSR count). The molecule has 174 valence electrons. The molecule has 0 aliphatic carbocycles. The second-order valence-electron chi connectivity index (χ2n) is 7.41. The van der Waals surface area contributed by atoms with Crippen LogP contribution in [0.1, 0.15) is 39.5 Å². The largest absolute Gasteiger partial charge is 0.480 e. The topological polar surface area (TPSA) is 217 Å². The van der Waals surface area contributed by atoms with Crippen LogP contribution in [0, 0.1) is 5.92 Å². The summed E-state index contributed by atoms with van der Waals surface area (Å²) in [6.45, 7) is 2.44. The Balaban J connectivity index is 4.90. The Morgan fingerprint density at radius 2 is 1.30 bits per heavy atom. The number of carboxylic acid groups (broad SMARTS) is 1. The number of rotatable bonds is 15. The number of aliphatic carboxylic acids is 1. The fourth-order valence-electron chi connectivity index (χ4n) is 2.54. The highest BCUT2D eigenvalue weighted by atomic mass is 16.4. The Morgan fingerprint density at radius 3 is 1.70 bits per heavy atom. The van der Waals surface area contributed by atoms with Crippen molar-refractivity contribution in [1.82, 2.24) is 16.0 Å². The van der Waals surface area contributed by atoms with Gasteiger partial charge in [-0.2, -0.15) is 0 Å². The van der Waals surface area contributed by atoms with Gasteiger partial charge < -0.3 is 42.7 Å². The Morgan fingerprint density at radius 1 is 0.833 bits per heavy atom. The van der Waals surface area contributed by atoms with Crippen molar-refractivity contribution in [3.8, 4) is 0 Å². The van der Waals surface area contributed by atoms with Crippen molar-refractivity contribution in [2.75, 3.05) is 19.8 Å². The highest BCUT2D eigenvalue weighted by Crippen LogP contribution is 2.05. The molecular weight excluding hydrogens is 398 g/mol. The maximum Gasteiger partial charge on any atom is 0.326 e. The summed E-state index contributed by atoms with van der Waals surface area (Å²) in [6, 6.07) is -4.95. The Labute approximate surface area is 175 Å². The summed E-state index contributed by atoms with van der Waals surface area (Å²) in [5.41, 5.74) is 11.1. The van der Waals surface area contributed by atoms with Crippen LogP contribution in [0.5, 0.6) is 0 Å². The zero-order chi connectivity index (χ0) is 23.3. The summed E-state index contributed by atoms with van der Waals surface area (Å²) in [4.78, 5) is 47.9. The number of nitrogens with one attached hydrogen (secondary N) is 3. The Bertz CT molecular complexity index is 573. The number of amides is 3. The fourth-order valence-corrected chi connectivity index (χ4v) is 2.54. The molecule has 0 aromatic rings. The van der Waals surface area contributed by atoms with E-state index < -0.39 is 61.1 Å². The van der Waals surface area contributed by atoms with Crippen LogP contribution < -0.4 is 27.4 Å². The monoisotopic (exact) mass is 433 g/mol. The molecule has 0 aliphatic heterocycles. The van der Waals surface area contributed by atoms with Crippen molar-refractivity contribution in [2.24, 2.45) is 17.4 Å².